The third-order valence-corrected chi connectivity index (χ3v) is 4.48. The summed E-state index contributed by atoms with van der Waals surface area (Å²) in [5, 5.41) is 5.30. The van der Waals surface area contributed by atoms with Crippen LogP contribution in [0, 0.1) is 0 Å². The number of hydrogen-bond acceptors (Lipinski definition) is 4. The summed E-state index contributed by atoms with van der Waals surface area (Å²) in [5.74, 6) is -0.530. The fourth-order valence-corrected chi connectivity index (χ4v) is 2.81. The number of anilines is 1. The van der Waals surface area contributed by atoms with Gasteiger partial charge in [0.15, 0.2) is 0 Å². The predicted molar refractivity (Wildman–Crippen MR) is 113 cm³/mol. The third-order valence-electron chi connectivity index (χ3n) is 4.48. The molecular weight excluding hydrogens is 423 g/mol. The quantitative estimate of drug-likeness (QED) is 0.549. The van der Waals surface area contributed by atoms with Gasteiger partial charge in [0, 0.05) is 23.5 Å². The summed E-state index contributed by atoms with van der Waals surface area (Å²) in [6.07, 6.45) is -3.03. The number of rotatable bonds is 7. The van der Waals surface area contributed by atoms with Crippen LogP contribution in [0.5, 0.6) is 11.6 Å². The lowest BCUT2D eigenvalue weighted by Gasteiger charge is -2.11. The summed E-state index contributed by atoms with van der Waals surface area (Å²) < 4.78 is 43.1. The summed E-state index contributed by atoms with van der Waals surface area (Å²) in [7, 11) is 0. The molecule has 0 spiro atoms. The summed E-state index contributed by atoms with van der Waals surface area (Å²) in [4.78, 5) is 28.0. The smallest absolute Gasteiger partial charge is 0.417 e. The van der Waals surface area contributed by atoms with Gasteiger partial charge in [0.25, 0.3) is 5.91 Å². The molecule has 0 aliphatic heterocycles. The van der Waals surface area contributed by atoms with E-state index in [1.54, 1.807) is 6.07 Å². The summed E-state index contributed by atoms with van der Waals surface area (Å²) in [6.45, 7) is 1.78. The molecule has 32 heavy (non-hydrogen) atoms. The first-order valence-corrected chi connectivity index (χ1v) is 9.73. The molecule has 0 bridgehead atoms. The number of benzene rings is 2. The molecule has 0 aliphatic carbocycles. The van der Waals surface area contributed by atoms with Crippen LogP contribution >= 0.6 is 0 Å². The van der Waals surface area contributed by atoms with Crippen molar-refractivity contribution >= 4 is 17.5 Å². The first-order chi connectivity index (χ1) is 15.3. The third kappa shape index (κ3) is 6.07. The Morgan fingerprint density at radius 2 is 1.72 bits per heavy atom. The van der Waals surface area contributed by atoms with E-state index in [9.17, 15) is 22.8 Å². The highest BCUT2D eigenvalue weighted by molar-refractivity contribution is 5.99. The highest BCUT2D eigenvalue weighted by Crippen LogP contribution is 2.30. The van der Waals surface area contributed by atoms with Gasteiger partial charge < -0.3 is 15.4 Å². The van der Waals surface area contributed by atoms with Crippen molar-refractivity contribution in [3.05, 3.63) is 83.6 Å². The summed E-state index contributed by atoms with van der Waals surface area (Å²) in [5.41, 5.74) is 1.11. The Labute approximate surface area is 182 Å². The standard InChI is InChI=1S/C23H20F3N3O3/c1-2-15-5-3-4-6-19(15)29-20(30)14-28-22(31)16-7-10-18(11-8-16)32-21-12-9-17(13-27-21)23(24,25)26/h3-13H,2,14H2,1H3,(H,28,31)(H,29,30). The number of halogens is 3. The Kier molecular flexibility index (Phi) is 7.09. The van der Waals surface area contributed by atoms with Crippen LogP contribution in [0.2, 0.25) is 0 Å². The Morgan fingerprint density at radius 1 is 1.00 bits per heavy atom. The molecule has 166 valence electrons. The number of hydrogen-bond donors (Lipinski definition) is 2. The number of alkyl halides is 3. The maximum absolute atomic E-state index is 12.6. The van der Waals surface area contributed by atoms with Crippen molar-refractivity contribution in [2.45, 2.75) is 19.5 Å². The summed E-state index contributed by atoms with van der Waals surface area (Å²) in [6, 6.07) is 15.3. The molecule has 0 aliphatic rings. The van der Waals surface area contributed by atoms with Crippen molar-refractivity contribution in [3.63, 3.8) is 0 Å². The molecule has 2 N–H and O–H groups in total. The van der Waals surface area contributed by atoms with E-state index in [0.717, 1.165) is 24.1 Å². The Balaban J connectivity index is 1.53. The second-order valence-electron chi connectivity index (χ2n) is 6.75. The lowest BCUT2D eigenvalue weighted by Crippen LogP contribution is -2.33. The van der Waals surface area contributed by atoms with Gasteiger partial charge in [-0.3, -0.25) is 9.59 Å². The van der Waals surface area contributed by atoms with Gasteiger partial charge in [-0.25, -0.2) is 4.98 Å². The minimum Gasteiger partial charge on any atom is -0.439 e. The normalized spacial score (nSPS) is 11.0. The lowest BCUT2D eigenvalue weighted by atomic mass is 10.1. The number of para-hydroxylation sites is 1. The summed E-state index contributed by atoms with van der Waals surface area (Å²) >= 11 is 0. The largest absolute Gasteiger partial charge is 0.439 e. The number of carbonyl (C=O) groups is 2. The van der Waals surface area contributed by atoms with E-state index in [4.69, 9.17) is 4.74 Å². The number of nitrogens with one attached hydrogen (secondary N) is 2. The van der Waals surface area contributed by atoms with Crippen LogP contribution in [0.4, 0.5) is 18.9 Å². The molecule has 0 atom stereocenters. The van der Waals surface area contributed by atoms with E-state index >= 15 is 0 Å². The number of amides is 2. The molecule has 0 unspecified atom stereocenters. The van der Waals surface area contributed by atoms with Gasteiger partial charge in [-0.05, 0) is 48.4 Å². The zero-order chi connectivity index (χ0) is 23.1. The average molecular weight is 443 g/mol. The molecule has 2 aromatic carbocycles. The molecule has 0 saturated heterocycles. The Bertz CT molecular complexity index is 1080. The number of pyridine rings is 1. The number of carbonyl (C=O) groups excluding carboxylic acids is 2. The number of aromatic nitrogens is 1. The molecule has 2 amide bonds. The van der Waals surface area contributed by atoms with Gasteiger partial charge in [-0.1, -0.05) is 25.1 Å². The van der Waals surface area contributed by atoms with Crippen LogP contribution in [0.25, 0.3) is 0 Å². The molecule has 1 heterocycles. The lowest BCUT2D eigenvalue weighted by molar-refractivity contribution is -0.137. The number of ether oxygens (including phenoxy) is 1. The highest BCUT2D eigenvalue weighted by atomic mass is 19.4. The zero-order valence-corrected chi connectivity index (χ0v) is 17.1. The molecule has 1 aromatic heterocycles. The average Bonchev–Trinajstić information content (AvgIpc) is 2.78. The Morgan fingerprint density at radius 3 is 2.34 bits per heavy atom. The van der Waals surface area contributed by atoms with Crippen LogP contribution in [0.15, 0.2) is 66.9 Å². The van der Waals surface area contributed by atoms with Gasteiger partial charge in [-0.2, -0.15) is 13.2 Å². The molecule has 0 radical (unpaired) electrons. The molecule has 9 heteroatoms. The van der Waals surface area contributed by atoms with Crippen molar-refractivity contribution in [2.24, 2.45) is 0 Å². The van der Waals surface area contributed by atoms with Crippen molar-refractivity contribution in [1.82, 2.24) is 10.3 Å². The SMILES string of the molecule is CCc1ccccc1NC(=O)CNC(=O)c1ccc(Oc2ccc(C(F)(F)F)cn2)cc1. The van der Waals surface area contributed by atoms with Gasteiger partial charge in [0.2, 0.25) is 11.8 Å². The van der Waals surface area contributed by atoms with Gasteiger partial charge in [0.1, 0.15) is 5.75 Å². The van der Waals surface area contributed by atoms with Gasteiger partial charge >= 0.3 is 6.18 Å². The molecular formula is C23H20F3N3O3. The van der Waals surface area contributed by atoms with E-state index < -0.39 is 17.6 Å². The second kappa shape index (κ2) is 9.95. The van der Waals surface area contributed by atoms with E-state index in [-0.39, 0.29) is 18.3 Å². The van der Waals surface area contributed by atoms with Crippen LogP contribution in [-0.4, -0.2) is 23.3 Å². The monoisotopic (exact) mass is 443 g/mol. The topological polar surface area (TPSA) is 80.3 Å². The molecule has 0 fully saturated rings. The number of aryl methyl sites for hydroxylation is 1. The van der Waals surface area contributed by atoms with Crippen LogP contribution in [0.3, 0.4) is 0 Å². The highest BCUT2D eigenvalue weighted by Gasteiger charge is 2.30. The minimum absolute atomic E-state index is 0.0146. The second-order valence-corrected chi connectivity index (χ2v) is 6.75. The van der Waals surface area contributed by atoms with Crippen LogP contribution in [0.1, 0.15) is 28.4 Å². The molecule has 3 rings (SSSR count). The maximum Gasteiger partial charge on any atom is 0.417 e. The number of nitrogens with zero attached hydrogens (tertiary/aromatic N) is 1. The van der Waals surface area contributed by atoms with E-state index in [1.165, 1.54) is 24.3 Å². The Hall–Kier alpha value is -3.88. The van der Waals surface area contributed by atoms with Gasteiger partial charge in [-0.15, -0.1) is 0 Å². The van der Waals surface area contributed by atoms with Crippen molar-refractivity contribution in [1.29, 1.82) is 0 Å². The molecule has 3 aromatic rings. The van der Waals surface area contributed by atoms with Crippen molar-refractivity contribution in [3.8, 4) is 11.6 Å². The van der Waals surface area contributed by atoms with Crippen LogP contribution < -0.4 is 15.4 Å². The maximum atomic E-state index is 12.6. The van der Waals surface area contributed by atoms with Crippen LogP contribution in [-0.2, 0) is 17.4 Å². The van der Waals surface area contributed by atoms with Crippen molar-refractivity contribution < 1.29 is 27.5 Å². The zero-order valence-electron chi connectivity index (χ0n) is 17.1. The molecule has 6 nitrogen and oxygen atoms in total. The van der Waals surface area contributed by atoms with Crippen molar-refractivity contribution in [2.75, 3.05) is 11.9 Å². The fraction of sp³-hybridized carbons (Fsp3) is 0.174. The first kappa shape index (κ1) is 22.8. The minimum atomic E-state index is -4.48. The van der Waals surface area contributed by atoms with Gasteiger partial charge in [0.05, 0.1) is 12.1 Å². The fourth-order valence-electron chi connectivity index (χ4n) is 2.81. The molecule has 0 saturated carbocycles. The predicted octanol–water partition coefficient (Wildman–Crippen LogP) is 4.82. The first-order valence-electron chi connectivity index (χ1n) is 9.73. The van der Waals surface area contributed by atoms with E-state index in [2.05, 4.69) is 15.6 Å². The van der Waals surface area contributed by atoms with E-state index in [1.807, 2.05) is 25.1 Å². The van der Waals surface area contributed by atoms with E-state index in [0.29, 0.717) is 23.2 Å².